The van der Waals surface area contributed by atoms with Crippen LogP contribution in [-0.2, 0) is 11.3 Å². The molecule has 0 radical (unpaired) electrons. The lowest BCUT2D eigenvalue weighted by Gasteiger charge is -2.09. The number of hydrogen-bond donors (Lipinski definition) is 3. The molecule has 0 aliphatic carbocycles. The summed E-state index contributed by atoms with van der Waals surface area (Å²) < 4.78 is 18.8. The average molecular weight is 415 g/mol. The maximum atomic E-state index is 13.7. The van der Waals surface area contributed by atoms with Crippen LogP contribution in [0.1, 0.15) is 20.8 Å². The quantitative estimate of drug-likeness (QED) is 0.496. The van der Waals surface area contributed by atoms with Crippen LogP contribution in [0.4, 0.5) is 10.1 Å². The number of rotatable bonds is 8. The van der Waals surface area contributed by atoms with Crippen LogP contribution in [0, 0.1) is 12.7 Å². The van der Waals surface area contributed by atoms with Crippen LogP contribution < -0.4 is 10.1 Å². The molecule has 0 unspecified atom stereocenters. The summed E-state index contributed by atoms with van der Waals surface area (Å²) >= 11 is 1.01. The van der Waals surface area contributed by atoms with Crippen LogP contribution >= 0.6 is 11.3 Å². The molecule has 0 atom stereocenters. The molecular formula is C21H18FNO5S. The van der Waals surface area contributed by atoms with E-state index in [1.165, 1.54) is 12.1 Å². The predicted molar refractivity (Wildman–Crippen MR) is 108 cm³/mol. The number of aliphatic carboxylic acids is 1. The van der Waals surface area contributed by atoms with Gasteiger partial charge in [-0.25, -0.2) is 14.0 Å². The van der Waals surface area contributed by atoms with Crippen molar-refractivity contribution in [2.24, 2.45) is 0 Å². The number of thiophene rings is 1. The first-order valence-electron chi connectivity index (χ1n) is 8.64. The summed E-state index contributed by atoms with van der Waals surface area (Å²) in [5.41, 5.74) is 2.93. The molecule has 0 amide bonds. The molecule has 150 valence electrons. The normalized spacial score (nSPS) is 10.6. The zero-order valence-corrected chi connectivity index (χ0v) is 16.3. The van der Waals surface area contributed by atoms with E-state index in [1.54, 1.807) is 19.1 Å². The van der Waals surface area contributed by atoms with Crippen molar-refractivity contribution in [3.8, 4) is 16.2 Å². The number of carbonyl (C=O) groups is 2. The Labute approximate surface area is 170 Å². The minimum absolute atomic E-state index is 0.0264. The molecule has 0 saturated carbocycles. The Hall–Kier alpha value is -3.39. The van der Waals surface area contributed by atoms with Crippen LogP contribution in [-0.4, -0.2) is 28.8 Å². The van der Waals surface area contributed by atoms with E-state index in [2.05, 4.69) is 5.32 Å². The van der Waals surface area contributed by atoms with Crippen LogP contribution in [0.25, 0.3) is 10.4 Å². The summed E-state index contributed by atoms with van der Waals surface area (Å²) in [7, 11) is 0. The molecule has 3 aromatic rings. The highest BCUT2D eigenvalue weighted by Gasteiger charge is 2.18. The van der Waals surface area contributed by atoms with Gasteiger partial charge in [0, 0.05) is 17.1 Å². The standard InChI is InChI=1S/C21H18FNO5S/c1-12-5-6-15(8-16(12)22)23-10-13-3-2-4-14(7-13)18-9-17(28-11-19(24)25)20(29-18)21(26)27/h2-9,23H,10-11H2,1H3,(H,24,25)(H,26,27). The lowest BCUT2D eigenvalue weighted by atomic mass is 10.1. The second-order valence-electron chi connectivity index (χ2n) is 6.31. The third-order valence-corrected chi connectivity index (χ3v) is 5.28. The minimum atomic E-state index is -1.19. The SMILES string of the molecule is Cc1ccc(NCc2cccc(-c3cc(OCC(=O)O)c(C(=O)O)s3)c2)cc1F. The van der Waals surface area contributed by atoms with Gasteiger partial charge in [-0.2, -0.15) is 0 Å². The highest BCUT2D eigenvalue weighted by molar-refractivity contribution is 7.17. The predicted octanol–water partition coefficient (Wildman–Crippen LogP) is 4.64. The Morgan fingerprint density at radius 3 is 2.62 bits per heavy atom. The largest absolute Gasteiger partial charge is 0.480 e. The number of hydrogen-bond acceptors (Lipinski definition) is 5. The first-order chi connectivity index (χ1) is 13.8. The van der Waals surface area contributed by atoms with Gasteiger partial charge in [0.2, 0.25) is 0 Å². The number of nitrogens with one attached hydrogen (secondary N) is 1. The van der Waals surface area contributed by atoms with Gasteiger partial charge in [0.05, 0.1) is 0 Å². The summed E-state index contributed by atoms with van der Waals surface area (Å²) in [6, 6.07) is 13.9. The van der Waals surface area contributed by atoms with Gasteiger partial charge in [0.15, 0.2) is 11.5 Å². The second-order valence-corrected chi connectivity index (χ2v) is 7.36. The van der Waals surface area contributed by atoms with E-state index in [-0.39, 0.29) is 16.4 Å². The first-order valence-corrected chi connectivity index (χ1v) is 9.46. The van der Waals surface area contributed by atoms with E-state index in [0.29, 0.717) is 22.7 Å². The van der Waals surface area contributed by atoms with Gasteiger partial charge in [0.25, 0.3) is 0 Å². The molecule has 3 N–H and O–H groups in total. The Morgan fingerprint density at radius 1 is 1.14 bits per heavy atom. The van der Waals surface area contributed by atoms with E-state index >= 15 is 0 Å². The molecule has 8 heteroatoms. The molecule has 2 aromatic carbocycles. The van der Waals surface area contributed by atoms with Gasteiger partial charge in [-0.05, 0) is 47.9 Å². The van der Waals surface area contributed by atoms with E-state index in [1.807, 2.05) is 24.3 Å². The molecule has 0 fully saturated rings. The summed E-state index contributed by atoms with van der Waals surface area (Å²) in [5, 5.41) is 21.2. The molecule has 0 aliphatic heterocycles. The monoisotopic (exact) mass is 415 g/mol. The zero-order chi connectivity index (χ0) is 21.0. The van der Waals surface area contributed by atoms with Crippen LogP contribution in [0.3, 0.4) is 0 Å². The number of carboxylic acids is 2. The number of anilines is 1. The lowest BCUT2D eigenvalue weighted by Crippen LogP contribution is -2.10. The van der Waals surface area contributed by atoms with Crippen molar-refractivity contribution in [1.82, 2.24) is 0 Å². The van der Waals surface area contributed by atoms with Crippen molar-refractivity contribution in [2.45, 2.75) is 13.5 Å². The maximum absolute atomic E-state index is 13.7. The van der Waals surface area contributed by atoms with Crippen molar-refractivity contribution < 1.29 is 28.9 Å². The van der Waals surface area contributed by atoms with Crippen LogP contribution in [0.5, 0.6) is 5.75 Å². The molecule has 1 heterocycles. The topological polar surface area (TPSA) is 95.9 Å². The zero-order valence-electron chi connectivity index (χ0n) is 15.4. The van der Waals surface area contributed by atoms with Crippen molar-refractivity contribution in [1.29, 1.82) is 0 Å². The summed E-state index contributed by atoms with van der Waals surface area (Å²) in [5.74, 6) is -2.62. The molecule has 0 bridgehead atoms. The molecule has 6 nitrogen and oxygen atoms in total. The van der Waals surface area contributed by atoms with E-state index < -0.39 is 18.5 Å². The van der Waals surface area contributed by atoms with Gasteiger partial charge in [-0.1, -0.05) is 24.3 Å². The number of carboxylic acid groups (broad SMARTS) is 2. The lowest BCUT2D eigenvalue weighted by molar-refractivity contribution is -0.139. The minimum Gasteiger partial charge on any atom is -0.480 e. The number of benzene rings is 2. The Bertz CT molecular complexity index is 1060. The smallest absolute Gasteiger partial charge is 0.349 e. The second kappa shape index (κ2) is 8.74. The van der Waals surface area contributed by atoms with Gasteiger partial charge >= 0.3 is 11.9 Å². The van der Waals surface area contributed by atoms with Gasteiger partial charge in [-0.15, -0.1) is 11.3 Å². The summed E-state index contributed by atoms with van der Waals surface area (Å²) in [6.45, 7) is 1.53. The molecule has 0 saturated heterocycles. The fourth-order valence-electron chi connectivity index (χ4n) is 2.65. The van der Waals surface area contributed by atoms with Crippen molar-refractivity contribution in [2.75, 3.05) is 11.9 Å². The van der Waals surface area contributed by atoms with Crippen LogP contribution in [0.2, 0.25) is 0 Å². The maximum Gasteiger partial charge on any atom is 0.349 e. The van der Waals surface area contributed by atoms with Gasteiger partial charge in [0.1, 0.15) is 11.6 Å². The highest BCUT2D eigenvalue weighted by atomic mass is 32.1. The van der Waals surface area contributed by atoms with Crippen molar-refractivity contribution in [3.05, 3.63) is 70.4 Å². The van der Waals surface area contributed by atoms with E-state index in [9.17, 15) is 19.1 Å². The Morgan fingerprint density at radius 2 is 1.93 bits per heavy atom. The molecule has 0 aliphatic rings. The molecular weight excluding hydrogens is 397 g/mol. The van der Waals surface area contributed by atoms with Gasteiger partial charge < -0.3 is 20.3 Å². The number of ether oxygens (including phenoxy) is 1. The Balaban J connectivity index is 1.79. The number of aryl methyl sites for hydroxylation is 1. The fourth-order valence-corrected chi connectivity index (χ4v) is 3.59. The van der Waals surface area contributed by atoms with Crippen molar-refractivity contribution >= 4 is 29.0 Å². The van der Waals surface area contributed by atoms with Gasteiger partial charge in [-0.3, -0.25) is 0 Å². The molecule has 29 heavy (non-hydrogen) atoms. The number of halogens is 1. The third-order valence-electron chi connectivity index (χ3n) is 4.12. The van der Waals surface area contributed by atoms with E-state index in [0.717, 1.165) is 22.5 Å². The molecule has 1 aromatic heterocycles. The van der Waals surface area contributed by atoms with E-state index in [4.69, 9.17) is 9.84 Å². The first kappa shape index (κ1) is 20.3. The van der Waals surface area contributed by atoms with Crippen LogP contribution in [0.15, 0.2) is 48.5 Å². The highest BCUT2D eigenvalue weighted by Crippen LogP contribution is 2.36. The third kappa shape index (κ3) is 5.11. The van der Waals surface area contributed by atoms with Crippen molar-refractivity contribution in [3.63, 3.8) is 0 Å². The summed E-state index contributed by atoms with van der Waals surface area (Å²) in [6.07, 6.45) is 0. The molecule has 0 spiro atoms. The fraction of sp³-hybridized carbons (Fsp3) is 0.143. The Kier molecular flexibility index (Phi) is 6.13. The summed E-state index contributed by atoms with van der Waals surface area (Å²) in [4.78, 5) is 22.7. The average Bonchev–Trinajstić information content (AvgIpc) is 3.12. The molecule has 3 rings (SSSR count). The number of aromatic carboxylic acids is 1.